The topological polar surface area (TPSA) is 71.1 Å². The van der Waals surface area contributed by atoms with Crippen molar-refractivity contribution in [1.29, 1.82) is 0 Å². The van der Waals surface area contributed by atoms with Gasteiger partial charge in [-0.15, -0.1) is 0 Å². The summed E-state index contributed by atoms with van der Waals surface area (Å²) in [4.78, 5) is 0. The maximum absolute atomic E-state index is 12.6. The van der Waals surface area contributed by atoms with E-state index in [0.29, 0.717) is 11.5 Å². The Morgan fingerprint density at radius 1 is 0.342 bits per heavy atom. The quantitative estimate of drug-likeness (QED) is 0.164. The first-order valence-electron chi connectivity index (χ1n) is 11.7. The molecule has 6 nitrogen and oxygen atoms in total. The third kappa shape index (κ3) is 6.63. The van der Waals surface area contributed by atoms with Crippen molar-refractivity contribution in [3.8, 4) is 45.3 Å². The normalized spacial score (nSPS) is 11.3. The maximum atomic E-state index is 12.6. The molecule has 2 unspecified atom stereocenters. The highest BCUT2D eigenvalue weighted by atomic mass is 31.1. The second-order valence-electron chi connectivity index (χ2n) is 8.04. The first-order chi connectivity index (χ1) is 18.6. The van der Waals surface area contributed by atoms with E-state index in [2.05, 4.69) is 0 Å². The molecule has 0 saturated heterocycles. The van der Waals surface area contributed by atoms with Crippen molar-refractivity contribution < 1.29 is 27.2 Å². The summed E-state index contributed by atoms with van der Waals surface area (Å²) >= 11 is 0. The highest BCUT2D eigenvalue weighted by Gasteiger charge is 2.31. The van der Waals surface area contributed by atoms with Gasteiger partial charge < -0.3 is 0 Å². The molecule has 0 radical (unpaired) electrons. The second kappa shape index (κ2) is 12.2. The molecule has 0 aliphatic rings. The summed E-state index contributed by atoms with van der Waals surface area (Å²) in [5.74, 6) is 0.997. The predicted molar refractivity (Wildman–Crippen MR) is 148 cm³/mol. The maximum Gasteiger partial charge on any atom is 0.805 e. The van der Waals surface area contributed by atoms with Gasteiger partial charge in [-0.25, -0.2) is 18.1 Å². The Kier molecular flexibility index (Phi) is 8.05. The molecule has 0 amide bonds. The van der Waals surface area contributed by atoms with Crippen molar-refractivity contribution in [2.24, 2.45) is 0 Å². The van der Waals surface area contributed by atoms with Gasteiger partial charge in [0.15, 0.2) is 11.5 Å². The van der Waals surface area contributed by atoms with Crippen LogP contribution in [0.15, 0.2) is 133 Å². The van der Waals surface area contributed by atoms with Gasteiger partial charge in [-0.3, -0.25) is 0 Å². The fourth-order valence-corrected chi connectivity index (χ4v) is 4.93. The minimum Gasteiger partial charge on any atom is -0.222 e. The highest BCUT2D eigenvalue weighted by Crippen LogP contribution is 2.41. The van der Waals surface area contributed by atoms with E-state index in [4.69, 9.17) is 18.1 Å². The minimum absolute atomic E-state index is 0.112. The molecule has 0 heterocycles. The van der Waals surface area contributed by atoms with E-state index >= 15 is 0 Å². The van der Waals surface area contributed by atoms with E-state index in [-0.39, 0.29) is 11.5 Å². The van der Waals surface area contributed by atoms with E-state index in [1.807, 2.05) is 84.9 Å². The summed E-state index contributed by atoms with van der Waals surface area (Å²) in [5, 5.41) is 0. The lowest BCUT2D eigenvalue weighted by atomic mass is 10.1. The van der Waals surface area contributed by atoms with E-state index in [9.17, 15) is 9.13 Å². The molecule has 5 aromatic carbocycles. The third-order valence-electron chi connectivity index (χ3n) is 5.48. The zero-order valence-electron chi connectivity index (χ0n) is 20.0. The second-order valence-corrected chi connectivity index (χ2v) is 9.66. The van der Waals surface area contributed by atoms with Crippen LogP contribution in [0.2, 0.25) is 0 Å². The Morgan fingerprint density at radius 2 is 0.658 bits per heavy atom. The van der Waals surface area contributed by atoms with Gasteiger partial charge in [0.05, 0.1) is 0 Å². The van der Waals surface area contributed by atoms with Gasteiger partial charge in [-0.1, -0.05) is 97.1 Å². The molecule has 0 bridgehead atoms. The monoisotopic (exact) mass is 540 g/mol. The van der Waals surface area contributed by atoms with Gasteiger partial charge in [-0.2, -0.15) is 0 Å². The van der Waals surface area contributed by atoms with Crippen LogP contribution >= 0.6 is 16.5 Å². The Hall–Kier alpha value is -4.50. The molecule has 38 heavy (non-hydrogen) atoms. The molecule has 0 fully saturated rings. The van der Waals surface area contributed by atoms with Crippen molar-refractivity contribution in [2.45, 2.75) is 0 Å². The van der Waals surface area contributed by atoms with Crippen LogP contribution in [0.1, 0.15) is 0 Å². The van der Waals surface area contributed by atoms with Gasteiger partial charge in [0.2, 0.25) is 11.5 Å². The lowest BCUT2D eigenvalue weighted by Crippen LogP contribution is -1.94. The van der Waals surface area contributed by atoms with Gasteiger partial charge in [0.1, 0.15) is 0 Å². The fraction of sp³-hybridized carbons (Fsp3) is 0. The molecule has 0 spiro atoms. The van der Waals surface area contributed by atoms with Crippen LogP contribution in [0.25, 0.3) is 22.3 Å². The summed E-state index contributed by atoms with van der Waals surface area (Å²) in [6, 6.07) is 40.6. The Morgan fingerprint density at radius 3 is 1.03 bits per heavy atom. The summed E-state index contributed by atoms with van der Waals surface area (Å²) in [6.45, 7) is 0. The minimum atomic E-state index is -2.58. The van der Waals surface area contributed by atoms with Gasteiger partial charge >= 0.3 is 16.5 Å². The average Bonchev–Trinajstić information content (AvgIpc) is 2.96. The SMILES string of the molecule is O=[P+](Oc1ccc(-c2ccccc2)cc1)Oc1ccccc1O[P+](=O)Oc1ccc(-c2ccccc2)cc1. The number of para-hydroxylation sites is 2. The number of hydrogen-bond donors (Lipinski definition) is 0. The van der Waals surface area contributed by atoms with E-state index in [0.717, 1.165) is 22.3 Å². The van der Waals surface area contributed by atoms with Crippen molar-refractivity contribution in [3.05, 3.63) is 133 Å². The van der Waals surface area contributed by atoms with Crippen LogP contribution in [0.3, 0.4) is 0 Å². The van der Waals surface area contributed by atoms with Crippen molar-refractivity contribution >= 4 is 16.5 Å². The zero-order valence-corrected chi connectivity index (χ0v) is 21.8. The van der Waals surface area contributed by atoms with E-state index in [1.54, 1.807) is 48.5 Å². The van der Waals surface area contributed by atoms with E-state index < -0.39 is 16.5 Å². The average molecular weight is 540 g/mol. The fourth-order valence-electron chi connectivity index (χ4n) is 3.65. The van der Waals surface area contributed by atoms with Gasteiger partial charge in [-0.05, 0) is 58.7 Å². The molecule has 5 aromatic rings. The lowest BCUT2D eigenvalue weighted by molar-refractivity contribution is 0.389. The Balaban J connectivity index is 1.18. The van der Waals surface area contributed by atoms with Crippen LogP contribution in [-0.2, 0) is 9.13 Å². The van der Waals surface area contributed by atoms with Gasteiger partial charge in [0.25, 0.3) is 0 Å². The summed E-state index contributed by atoms with van der Waals surface area (Å²) in [6.07, 6.45) is 0. The Bertz CT molecular complexity index is 1410. The molecule has 0 aliphatic heterocycles. The number of benzene rings is 5. The lowest BCUT2D eigenvalue weighted by Gasteiger charge is -2.02. The van der Waals surface area contributed by atoms with Crippen LogP contribution < -0.4 is 18.1 Å². The first kappa shape index (κ1) is 25.2. The number of hydrogen-bond acceptors (Lipinski definition) is 6. The molecule has 5 rings (SSSR count). The molecule has 0 N–H and O–H groups in total. The molecule has 186 valence electrons. The summed E-state index contributed by atoms with van der Waals surface area (Å²) in [7, 11) is -5.16. The van der Waals surface area contributed by atoms with Crippen molar-refractivity contribution in [2.75, 3.05) is 0 Å². The standard InChI is InChI=1S/C30H22O6P2/c31-37(33-27-19-15-25(16-20-27)23-9-3-1-4-10-23)35-29-13-7-8-14-30(29)36-38(32)34-28-21-17-26(18-22-28)24-11-5-2-6-12-24/h1-22H/q+2. The molecule has 2 atom stereocenters. The van der Waals surface area contributed by atoms with Gasteiger partial charge in [0, 0.05) is 9.13 Å². The van der Waals surface area contributed by atoms with Crippen LogP contribution in [0.5, 0.6) is 23.0 Å². The molecule has 0 aromatic heterocycles. The molecular weight excluding hydrogens is 518 g/mol. The summed E-state index contributed by atoms with van der Waals surface area (Å²) in [5.41, 5.74) is 4.14. The Labute approximate surface area is 222 Å². The zero-order chi connectivity index (χ0) is 26.2. The molecule has 0 aliphatic carbocycles. The molecule has 0 saturated carbocycles. The van der Waals surface area contributed by atoms with Crippen LogP contribution in [-0.4, -0.2) is 0 Å². The molecular formula is C30H22O6P2+2. The van der Waals surface area contributed by atoms with Crippen molar-refractivity contribution in [3.63, 3.8) is 0 Å². The third-order valence-corrected chi connectivity index (χ3v) is 6.89. The van der Waals surface area contributed by atoms with Crippen molar-refractivity contribution in [1.82, 2.24) is 0 Å². The predicted octanol–water partition coefficient (Wildman–Crippen LogP) is 9.25. The number of rotatable bonds is 10. The largest absolute Gasteiger partial charge is 0.805 e. The highest BCUT2D eigenvalue weighted by molar-refractivity contribution is 7.34. The summed E-state index contributed by atoms with van der Waals surface area (Å²) < 4.78 is 46.9. The first-order valence-corrected chi connectivity index (χ1v) is 13.9. The van der Waals surface area contributed by atoms with E-state index in [1.165, 1.54) is 0 Å². The molecule has 8 heteroatoms. The van der Waals surface area contributed by atoms with Crippen LogP contribution in [0, 0.1) is 0 Å². The smallest absolute Gasteiger partial charge is 0.222 e. The van der Waals surface area contributed by atoms with Crippen LogP contribution in [0.4, 0.5) is 0 Å².